The molecule has 0 aliphatic heterocycles. The quantitative estimate of drug-likeness (QED) is 0.156. The second-order valence-electron chi connectivity index (χ2n) is 2.93. The summed E-state index contributed by atoms with van der Waals surface area (Å²) in [5.74, 6) is 0.335. The van der Waals surface area contributed by atoms with Crippen LogP contribution in [-0.2, 0) is 0 Å². The van der Waals surface area contributed by atoms with E-state index in [0.29, 0.717) is 12.5 Å². The highest BCUT2D eigenvalue weighted by Crippen LogP contribution is 1.85. The lowest BCUT2D eigenvalue weighted by atomic mass is 10.2. The SMILES string of the molecule is CC(C)CNC(=N)NC(=N)N.O=[N+]([O-])O. The molecule has 9 heteroatoms. The molecule has 0 aliphatic rings. The fourth-order valence-electron chi connectivity index (χ4n) is 0.485. The van der Waals surface area contributed by atoms with Crippen LogP contribution in [0.2, 0.25) is 0 Å². The summed E-state index contributed by atoms with van der Waals surface area (Å²) in [6.45, 7) is 4.78. The van der Waals surface area contributed by atoms with Gasteiger partial charge in [0.2, 0.25) is 0 Å². The molecule has 0 rings (SSSR count). The molecule has 88 valence electrons. The molecule has 0 fully saturated rings. The zero-order valence-corrected chi connectivity index (χ0v) is 8.57. The molecular formula is C6H16N6O3. The number of nitrogens with two attached hydrogens (primary N) is 1. The molecule has 0 unspecified atom stereocenters. The van der Waals surface area contributed by atoms with Crippen molar-refractivity contribution in [3.63, 3.8) is 0 Å². The molecule has 7 N–H and O–H groups in total. The third kappa shape index (κ3) is 24.5. The topological polar surface area (TPSA) is 161 Å². The fraction of sp³-hybridized carbons (Fsp3) is 0.667. The first-order valence-corrected chi connectivity index (χ1v) is 4.02. The third-order valence-corrected chi connectivity index (χ3v) is 0.947. The van der Waals surface area contributed by atoms with E-state index in [9.17, 15) is 0 Å². The van der Waals surface area contributed by atoms with Gasteiger partial charge in [-0.3, -0.25) is 16.1 Å². The monoisotopic (exact) mass is 220 g/mol. The van der Waals surface area contributed by atoms with E-state index in [2.05, 4.69) is 10.6 Å². The normalized spacial score (nSPS) is 8.47. The van der Waals surface area contributed by atoms with E-state index >= 15 is 0 Å². The summed E-state index contributed by atoms with van der Waals surface area (Å²) in [6, 6.07) is 0. The van der Waals surface area contributed by atoms with Gasteiger partial charge in [-0.25, -0.2) is 0 Å². The van der Waals surface area contributed by atoms with Crippen molar-refractivity contribution in [2.45, 2.75) is 13.8 Å². The molecule has 0 aromatic rings. The van der Waals surface area contributed by atoms with Crippen molar-refractivity contribution in [2.75, 3.05) is 6.54 Å². The van der Waals surface area contributed by atoms with Gasteiger partial charge in [0.05, 0.1) is 0 Å². The van der Waals surface area contributed by atoms with Gasteiger partial charge in [-0.15, -0.1) is 10.1 Å². The van der Waals surface area contributed by atoms with Gasteiger partial charge in [-0.2, -0.15) is 0 Å². The Hall–Kier alpha value is -2.06. The standard InChI is InChI=1S/C6H15N5.HNO3/c1-4(2)3-10-6(9)11-5(7)8;2-1(3)4/h4H,3H2,1-2H3,(H6,7,8,9,10,11);(H,2,3,4). The maximum atomic E-state index is 8.36. The molecule has 0 aromatic carbocycles. The van der Waals surface area contributed by atoms with Crippen LogP contribution in [0, 0.1) is 26.9 Å². The van der Waals surface area contributed by atoms with Crippen molar-refractivity contribution >= 4 is 11.9 Å². The van der Waals surface area contributed by atoms with Crippen LogP contribution in [0.5, 0.6) is 0 Å². The second-order valence-corrected chi connectivity index (χ2v) is 2.93. The van der Waals surface area contributed by atoms with Crippen LogP contribution in [0.1, 0.15) is 13.8 Å². The minimum absolute atomic E-state index is 0.0752. The summed E-state index contributed by atoms with van der Waals surface area (Å²) in [5, 5.41) is 32.7. The van der Waals surface area contributed by atoms with Gasteiger partial charge in [0, 0.05) is 6.54 Å². The van der Waals surface area contributed by atoms with Gasteiger partial charge in [0.15, 0.2) is 11.9 Å². The Balaban J connectivity index is 0. The predicted molar refractivity (Wildman–Crippen MR) is 54.4 cm³/mol. The van der Waals surface area contributed by atoms with Crippen LogP contribution >= 0.6 is 0 Å². The van der Waals surface area contributed by atoms with E-state index in [1.165, 1.54) is 0 Å². The Morgan fingerprint density at radius 2 is 2.00 bits per heavy atom. The van der Waals surface area contributed by atoms with E-state index in [4.69, 9.17) is 31.9 Å². The van der Waals surface area contributed by atoms with E-state index < -0.39 is 5.09 Å². The lowest BCUT2D eigenvalue weighted by Gasteiger charge is -2.09. The van der Waals surface area contributed by atoms with Crippen molar-refractivity contribution in [2.24, 2.45) is 11.7 Å². The van der Waals surface area contributed by atoms with Gasteiger partial charge < -0.3 is 16.3 Å². The largest absolute Gasteiger partial charge is 0.370 e. The summed E-state index contributed by atoms with van der Waals surface area (Å²) >= 11 is 0. The number of hydrogen-bond acceptors (Lipinski definition) is 4. The summed E-state index contributed by atoms with van der Waals surface area (Å²) in [6.07, 6.45) is 0. The fourth-order valence-corrected chi connectivity index (χ4v) is 0.485. The maximum Gasteiger partial charge on any atom is 0.291 e. The molecular weight excluding hydrogens is 204 g/mol. The molecule has 0 bridgehead atoms. The van der Waals surface area contributed by atoms with Crippen LogP contribution in [-0.4, -0.2) is 28.8 Å². The highest BCUT2D eigenvalue weighted by molar-refractivity contribution is 5.94. The zero-order valence-electron chi connectivity index (χ0n) is 8.57. The van der Waals surface area contributed by atoms with Gasteiger partial charge in [-0.1, -0.05) is 13.8 Å². The molecule has 15 heavy (non-hydrogen) atoms. The van der Waals surface area contributed by atoms with Crippen molar-refractivity contribution in [1.82, 2.24) is 10.6 Å². The Morgan fingerprint density at radius 3 is 2.27 bits per heavy atom. The van der Waals surface area contributed by atoms with E-state index in [-0.39, 0.29) is 11.9 Å². The molecule has 0 aliphatic carbocycles. The molecule has 0 heterocycles. The van der Waals surface area contributed by atoms with Crippen molar-refractivity contribution in [1.29, 1.82) is 10.8 Å². The molecule has 0 saturated heterocycles. The summed E-state index contributed by atoms with van der Waals surface area (Å²) < 4.78 is 0. The smallest absolute Gasteiger partial charge is 0.291 e. The first-order chi connectivity index (χ1) is 6.75. The number of nitrogens with zero attached hydrogens (tertiary/aromatic N) is 1. The predicted octanol–water partition coefficient (Wildman–Crippen LogP) is -0.698. The molecule has 0 saturated carbocycles. The Bertz CT molecular complexity index is 225. The summed E-state index contributed by atoms with van der Waals surface area (Å²) in [7, 11) is 0. The Kier molecular flexibility index (Phi) is 8.77. The van der Waals surface area contributed by atoms with Gasteiger partial charge in [0.1, 0.15) is 0 Å². The first kappa shape index (κ1) is 15.4. The number of guanidine groups is 2. The minimum atomic E-state index is -1.50. The first-order valence-electron chi connectivity index (χ1n) is 4.02. The van der Waals surface area contributed by atoms with E-state index in [1.807, 2.05) is 13.8 Å². The average Bonchev–Trinajstić information content (AvgIpc) is 1.98. The number of nitrogens with one attached hydrogen (secondary N) is 4. The van der Waals surface area contributed by atoms with Crippen LogP contribution in [0.3, 0.4) is 0 Å². The lowest BCUT2D eigenvalue weighted by Crippen LogP contribution is -2.44. The molecule has 0 amide bonds. The number of rotatable bonds is 2. The van der Waals surface area contributed by atoms with Crippen LogP contribution in [0.4, 0.5) is 0 Å². The molecule has 9 nitrogen and oxygen atoms in total. The Morgan fingerprint density at radius 1 is 1.60 bits per heavy atom. The van der Waals surface area contributed by atoms with Crippen molar-refractivity contribution in [3.8, 4) is 0 Å². The summed E-state index contributed by atoms with van der Waals surface area (Å²) in [5.41, 5.74) is 4.99. The van der Waals surface area contributed by atoms with Crippen molar-refractivity contribution in [3.05, 3.63) is 10.1 Å². The highest BCUT2D eigenvalue weighted by Gasteiger charge is 1.96. The van der Waals surface area contributed by atoms with Gasteiger partial charge in [-0.05, 0) is 5.92 Å². The van der Waals surface area contributed by atoms with E-state index in [0.717, 1.165) is 0 Å². The summed E-state index contributed by atoms with van der Waals surface area (Å²) in [4.78, 5) is 8.36. The third-order valence-electron chi connectivity index (χ3n) is 0.947. The molecule has 0 spiro atoms. The number of hydrogen-bond donors (Lipinski definition) is 6. The lowest BCUT2D eigenvalue weighted by molar-refractivity contribution is -0.742. The van der Waals surface area contributed by atoms with E-state index in [1.54, 1.807) is 0 Å². The minimum Gasteiger partial charge on any atom is -0.370 e. The molecule has 0 atom stereocenters. The van der Waals surface area contributed by atoms with Crippen LogP contribution in [0.15, 0.2) is 0 Å². The second kappa shape index (κ2) is 8.53. The van der Waals surface area contributed by atoms with Crippen molar-refractivity contribution < 1.29 is 10.3 Å². The molecule has 0 aromatic heterocycles. The Labute approximate surface area is 86.8 Å². The van der Waals surface area contributed by atoms with Gasteiger partial charge >= 0.3 is 0 Å². The average molecular weight is 220 g/mol. The molecule has 0 radical (unpaired) electrons. The maximum absolute atomic E-state index is 8.36. The van der Waals surface area contributed by atoms with Gasteiger partial charge in [0.25, 0.3) is 5.09 Å². The van der Waals surface area contributed by atoms with Crippen LogP contribution in [0.25, 0.3) is 0 Å². The van der Waals surface area contributed by atoms with Crippen LogP contribution < -0.4 is 16.4 Å². The zero-order chi connectivity index (χ0) is 12.4. The highest BCUT2D eigenvalue weighted by atomic mass is 16.9.